The molecule has 0 aliphatic carbocycles. The summed E-state index contributed by atoms with van der Waals surface area (Å²) in [6, 6.07) is 10.8. The maximum Gasteiger partial charge on any atom is 0.389 e. The quantitative estimate of drug-likeness (QED) is 0.235. The number of aromatic hydroxyl groups is 1. The van der Waals surface area contributed by atoms with Crippen molar-refractivity contribution in [1.29, 1.82) is 0 Å². The smallest absolute Gasteiger partial charge is 0.389 e. The van der Waals surface area contributed by atoms with Crippen molar-refractivity contribution in [2.45, 2.75) is 64.0 Å². The average Bonchev–Trinajstić information content (AvgIpc) is 2.70. The zero-order valence-electron chi connectivity index (χ0n) is 17.3. The predicted octanol–water partition coefficient (Wildman–Crippen LogP) is 8.20. The fourth-order valence-corrected chi connectivity index (χ4v) is 3.79. The third-order valence-corrected chi connectivity index (χ3v) is 5.50. The van der Waals surface area contributed by atoms with Crippen LogP contribution in [-0.4, -0.2) is 22.9 Å². The van der Waals surface area contributed by atoms with E-state index in [4.69, 9.17) is 16.3 Å². The van der Waals surface area contributed by atoms with E-state index in [0.717, 1.165) is 49.4 Å². The maximum atomic E-state index is 12.1. The lowest BCUT2D eigenvalue weighted by molar-refractivity contribution is -0.135. The van der Waals surface area contributed by atoms with Crippen LogP contribution in [0.1, 0.15) is 57.8 Å². The molecule has 0 amide bonds. The van der Waals surface area contributed by atoms with E-state index in [1.807, 2.05) is 18.2 Å². The Labute approximate surface area is 185 Å². The number of alkyl halides is 3. The summed E-state index contributed by atoms with van der Waals surface area (Å²) in [5, 5.41) is 12.5. The third-order valence-electron chi connectivity index (χ3n) is 5.27. The summed E-state index contributed by atoms with van der Waals surface area (Å²) in [5.74, 6) is 0.700. The van der Waals surface area contributed by atoms with E-state index in [2.05, 4.69) is 4.98 Å². The molecule has 0 saturated carbocycles. The molecule has 0 bridgehead atoms. The number of hydrogen-bond acceptors (Lipinski definition) is 3. The van der Waals surface area contributed by atoms with Gasteiger partial charge in [-0.1, -0.05) is 56.2 Å². The second-order valence-electron chi connectivity index (χ2n) is 7.88. The first-order valence-corrected chi connectivity index (χ1v) is 11.1. The van der Waals surface area contributed by atoms with Gasteiger partial charge < -0.3 is 9.84 Å². The molecule has 3 nitrogen and oxygen atoms in total. The van der Waals surface area contributed by atoms with Gasteiger partial charge in [-0.3, -0.25) is 0 Å². The lowest BCUT2D eigenvalue weighted by atomic mass is 10.1. The van der Waals surface area contributed by atoms with E-state index in [-0.39, 0.29) is 12.2 Å². The molecule has 0 atom stereocenters. The Morgan fingerprint density at radius 1 is 0.839 bits per heavy atom. The average molecular weight is 454 g/mol. The predicted molar refractivity (Wildman–Crippen MR) is 119 cm³/mol. The molecule has 0 fully saturated rings. The molecule has 0 unspecified atom stereocenters. The van der Waals surface area contributed by atoms with Gasteiger partial charge in [-0.25, -0.2) is 4.98 Å². The van der Waals surface area contributed by atoms with E-state index in [1.54, 1.807) is 18.2 Å². The Hall–Kier alpha value is -2.21. The van der Waals surface area contributed by atoms with Crippen LogP contribution in [0.15, 0.2) is 36.4 Å². The Bertz CT molecular complexity index is 1010. The van der Waals surface area contributed by atoms with E-state index in [0.29, 0.717) is 34.7 Å². The van der Waals surface area contributed by atoms with Crippen LogP contribution in [0.2, 0.25) is 5.02 Å². The highest BCUT2D eigenvalue weighted by Crippen LogP contribution is 2.32. The van der Waals surface area contributed by atoms with Gasteiger partial charge in [0.2, 0.25) is 0 Å². The second kappa shape index (κ2) is 10.9. The van der Waals surface area contributed by atoms with Gasteiger partial charge in [0.15, 0.2) is 0 Å². The number of benzene rings is 2. The molecular weight excluding hydrogens is 427 g/mol. The van der Waals surface area contributed by atoms with E-state index in [1.165, 1.54) is 0 Å². The number of aromatic nitrogens is 1. The van der Waals surface area contributed by atoms with Crippen LogP contribution < -0.4 is 4.74 Å². The molecule has 1 heterocycles. The zero-order chi connectivity index (χ0) is 22.3. The molecule has 0 aliphatic rings. The lowest BCUT2D eigenvalue weighted by Gasteiger charge is -2.10. The number of halogens is 4. The number of hydrogen-bond donors (Lipinski definition) is 1. The molecule has 1 aromatic heterocycles. The van der Waals surface area contributed by atoms with E-state index < -0.39 is 12.6 Å². The highest BCUT2D eigenvalue weighted by molar-refractivity contribution is 6.31. The van der Waals surface area contributed by atoms with Crippen molar-refractivity contribution in [2.75, 3.05) is 6.61 Å². The fourth-order valence-electron chi connectivity index (χ4n) is 3.62. The van der Waals surface area contributed by atoms with Gasteiger partial charge in [-0.15, -0.1) is 0 Å². The van der Waals surface area contributed by atoms with Gasteiger partial charge in [0.05, 0.1) is 17.6 Å². The van der Waals surface area contributed by atoms with Gasteiger partial charge in [-0.2, -0.15) is 13.2 Å². The minimum Gasteiger partial charge on any atom is -0.507 e. The minimum absolute atomic E-state index is 0.127. The highest BCUT2D eigenvalue weighted by atomic mass is 35.5. The topological polar surface area (TPSA) is 42.4 Å². The molecule has 1 N–H and O–H groups in total. The molecule has 2 aromatic carbocycles. The van der Waals surface area contributed by atoms with Crippen molar-refractivity contribution >= 4 is 33.4 Å². The number of ether oxygens (including phenoxy) is 1. The summed E-state index contributed by atoms with van der Waals surface area (Å²) in [4.78, 5) is 4.59. The summed E-state index contributed by atoms with van der Waals surface area (Å²) < 4.78 is 42.0. The number of fused-ring (bicyclic) bond motifs is 2. The molecule has 0 radical (unpaired) electrons. The molecule has 7 heteroatoms. The van der Waals surface area contributed by atoms with Crippen LogP contribution in [0.5, 0.6) is 11.5 Å². The molecule has 3 aromatic rings. The first-order chi connectivity index (χ1) is 14.8. The largest absolute Gasteiger partial charge is 0.507 e. The summed E-state index contributed by atoms with van der Waals surface area (Å²) in [6.45, 7) is 0.538. The Kier molecular flexibility index (Phi) is 8.24. The molecule has 31 heavy (non-hydrogen) atoms. The fraction of sp³-hybridized carbons (Fsp3) is 0.458. The van der Waals surface area contributed by atoms with Crippen molar-refractivity contribution in [3.8, 4) is 11.5 Å². The van der Waals surface area contributed by atoms with Crippen molar-refractivity contribution in [3.05, 3.63) is 41.4 Å². The monoisotopic (exact) mass is 453 g/mol. The standard InChI is InChI=1S/C24H27ClF3NO2/c25-18-10-9-17-13-20-22(29-21(17)14-18)15-19(16-23(20)30)31-12-8-6-4-2-1-3-5-7-11-24(26,27)28/h9-10,13-16,30H,1-8,11-12H2. The normalized spacial score (nSPS) is 12.0. The van der Waals surface area contributed by atoms with Crippen molar-refractivity contribution in [1.82, 2.24) is 4.98 Å². The van der Waals surface area contributed by atoms with E-state index in [9.17, 15) is 18.3 Å². The number of unbranched alkanes of at least 4 members (excludes halogenated alkanes) is 7. The van der Waals surface area contributed by atoms with Crippen molar-refractivity contribution in [2.24, 2.45) is 0 Å². The van der Waals surface area contributed by atoms with E-state index >= 15 is 0 Å². The Morgan fingerprint density at radius 3 is 2.23 bits per heavy atom. The lowest BCUT2D eigenvalue weighted by Crippen LogP contribution is -2.06. The van der Waals surface area contributed by atoms with Gasteiger partial charge in [0.25, 0.3) is 0 Å². The van der Waals surface area contributed by atoms with Crippen molar-refractivity contribution < 1.29 is 23.0 Å². The first kappa shape index (κ1) is 23.5. The number of rotatable bonds is 11. The third kappa shape index (κ3) is 7.46. The number of nitrogens with zero attached hydrogens (tertiary/aromatic N) is 1. The van der Waals surface area contributed by atoms with Crippen LogP contribution in [0, 0.1) is 0 Å². The summed E-state index contributed by atoms with van der Waals surface area (Å²) in [5.41, 5.74) is 1.41. The van der Waals surface area contributed by atoms with Gasteiger partial charge >= 0.3 is 6.18 Å². The maximum absolute atomic E-state index is 12.1. The SMILES string of the molecule is Oc1cc(OCCCCCCCCCCC(F)(F)F)cc2nc3cc(Cl)ccc3cc12. The first-order valence-electron chi connectivity index (χ1n) is 10.7. The van der Waals surface area contributed by atoms with Gasteiger partial charge in [-0.05, 0) is 31.0 Å². The van der Waals surface area contributed by atoms with Gasteiger partial charge in [0.1, 0.15) is 11.5 Å². The minimum atomic E-state index is -4.03. The second-order valence-corrected chi connectivity index (χ2v) is 8.31. The van der Waals surface area contributed by atoms with Crippen LogP contribution in [0.3, 0.4) is 0 Å². The molecule has 0 saturated heterocycles. The van der Waals surface area contributed by atoms with Gasteiger partial charge in [0, 0.05) is 34.3 Å². The number of pyridine rings is 1. The molecule has 3 rings (SSSR count). The molecule has 0 aliphatic heterocycles. The van der Waals surface area contributed by atoms with Crippen LogP contribution in [-0.2, 0) is 0 Å². The molecule has 168 valence electrons. The Morgan fingerprint density at radius 2 is 1.52 bits per heavy atom. The van der Waals surface area contributed by atoms with Crippen LogP contribution >= 0.6 is 11.6 Å². The van der Waals surface area contributed by atoms with Crippen LogP contribution in [0.4, 0.5) is 13.2 Å². The van der Waals surface area contributed by atoms with Crippen molar-refractivity contribution in [3.63, 3.8) is 0 Å². The highest BCUT2D eigenvalue weighted by Gasteiger charge is 2.25. The molecular formula is C24H27ClF3NO2. The summed E-state index contributed by atoms with van der Waals surface area (Å²) in [7, 11) is 0. The number of phenols is 1. The molecule has 0 spiro atoms. The summed E-state index contributed by atoms with van der Waals surface area (Å²) >= 11 is 6.05. The summed E-state index contributed by atoms with van der Waals surface area (Å²) in [6.07, 6.45) is 1.96. The zero-order valence-corrected chi connectivity index (χ0v) is 18.1. The Balaban J connectivity index is 1.39. The van der Waals surface area contributed by atoms with Crippen LogP contribution in [0.25, 0.3) is 21.8 Å². The number of phenolic OH excluding ortho intramolecular Hbond substituents is 1.